The molecule has 0 amide bonds. The first-order valence-electron chi connectivity index (χ1n) is 4.57. The van der Waals surface area contributed by atoms with Crippen LogP contribution in [0.25, 0.3) is 0 Å². The van der Waals surface area contributed by atoms with Gasteiger partial charge in [-0.2, -0.15) is 0 Å². The van der Waals surface area contributed by atoms with Gasteiger partial charge in [0.2, 0.25) is 0 Å². The van der Waals surface area contributed by atoms with Gasteiger partial charge in [-0.1, -0.05) is 31.4 Å². The van der Waals surface area contributed by atoms with E-state index < -0.39 is 5.60 Å². The Kier molecular flexibility index (Phi) is 2.72. The molecule has 0 saturated carbocycles. The Morgan fingerprint density at radius 2 is 2.36 bits per heavy atom. The number of unbranched alkanes of at least 4 members (excludes halogenated alkanes) is 1. The molecule has 1 heteroatoms. The van der Waals surface area contributed by atoms with Crippen LogP contribution >= 0.6 is 0 Å². The third-order valence-electron chi connectivity index (χ3n) is 2.43. The van der Waals surface area contributed by atoms with E-state index in [1.165, 1.54) is 12.0 Å². The maximum atomic E-state index is 9.92. The zero-order chi connectivity index (χ0) is 8.32. The molecule has 1 atom stereocenters. The molecule has 0 heterocycles. The smallest absolute Gasteiger partial charge is 0.0833 e. The van der Waals surface area contributed by atoms with Gasteiger partial charge in [-0.05, 0) is 26.2 Å². The summed E-state index contributed by atoms with van der Waals surface area (Å²) in [5.74, 6) is 0. The zero-order valence-electron chi connectivity index (χ0n) is 7.56. The Labute approximate surface area is 69.1 Å². The molecule has 0 fully saturated rings. The summed E-state index contributed by atoms with van der Waals surface area (Å²) in [6.45, 7) is 4.26. The summed E-state index contributed by atoms with van der Waals surface area (Å²) in [5.41, 5.74) is 0.906. The highest BCUT2D eigenvalue weighted by Gasteiger charge is 2.27. The summed E-state index contributed by atoms with van der Waals surface area (Å²) < 4.78 is 0. The highest BCUT2D eigenvalue weighted by molar-refractivity contribution is 5.16. The van der Waals surface area contributed by atoms with Crippen molar-refractivity contribution in [3.05, 3.63) is 11.6 Å². The maximum Gasteiger partial charge on any atom is 0.0833 e. The number of hydrogen-bond acceptors (Lipinski definition) is 1. The number of aliphatic hydroxyl groups is 1. The molecule has 0 saturated heterocycles. The minimum atomic E-state index is -0.444. The van der Waals surface area contributed by atoms with E-state index in [1.54, 1.807) is 0 Å². The third-order valence-corrected chi connectivity index (χ3v) is 2.43. The van der Waals surface area contributed by atoms with Crippen LogP contribution in [0.4, 0.5) is 0 Å². The first-order valence-corrected chi connectivity index (χ1v) is 4.57. The van der Waals surface area contributed by atoms with Crippen molar-refractivity contribution >= 4 is 0 Å². The zero-order valence-corrected chi connectivity index (χ0v) is 7.56. The number of rotatable bonds is 3. The van der Waals surface area contributed by atoms with Gasteiger partial charge in [0.05, 0.1) is 5.60 Å². The van der Waals surface area contributed by atoms with Gasteiger partial charge in [-0.15, -0.1) is 0 Å². The van der Waals surface area contributed by atoms with Crippen LogP contribution < -0.4 is 0 Å². The van der Waals surface area contributed by atoms with E-state index in [1.807, 2.05) is 6.08 Å². The first-order chi connectivity index (χ1) is 5.16. The second-order valence-corrected chi connectivity index (χ2v) is 3.70. The topological polar surface area (TPSA) is 20.2 Å². The molecule has 0 aromatic rings. The van der Waals surface area contributed by atoms with Crippen molar-refractivity contribution in [1.82, 2.24) is 0 Å². The minimum absolute atomic E-state index is 0.444. The molecule has 1 unspecified atom stereocenters. The molecular formula is C10H18O. The molecule has 11 heavy (non-hydrogen) atoms. The second kappa shape index (κ2) is 3.40. The van der Waals surface area contributed by atoms with Gasteiger partial charge < -0.3 is 5.11 Å². The van der Waals surface area contributed by atoms with Crippen LogP contribution in [0.5, 0.6) is 0 Å². The van der Waals surface area contributed by atoms with E-state index in [-0.39, 0.29) is 0 Å². The average molecular weight is 154 g/mol. The van der Waals surface area contributed by atoms with Crippen LogP contribution in [-0.2, 0) is 0 Å². The quantitative estimate of drug-likeness (QED) is 0.619. The molecule has 0 aromatic heterocycles. The molecule has 64 valence electrons. The fourth-order valence-corrected chi connectivity index (χ4v) is 1.70. The van der Waals surface area contributed by atoms with Crippen LogP contribution in [0.3, 0.4) is 0 Å². The molecule has 1 nitrogen and oxygen atoms in total. The Morgan fingerprint density at radius 1 is 1.64 bits per heavy atom. The van der Waals surface area contributed by atoms with Crippen LogP contribution in [0.15, 0.2) is 11.6 Å². The van der Waals surface area contributed by atoms with E-state index >= 15 is 0 Å². The molecule has 1 aliphatic carbocycles. The van der Waals surface area contributed by atoms with Crippen LogP contribution in [0.1, 0.15) is 46.0 Å². The van der Waals surface area contributed by atoms with Gasteiger partial charge in [0.15, 0.2) is 0 Å². The van der Waals surface area contributed by atoms with E-state index in [2.05, 4.69) is 13.8 Å². The summed E-state index contributed by atoms with van der Waals surface area (Å²) in [5, 5.41) is 9.92. The van der Waals surface area contributed by atoms with Crippen molar-refractivity contribution in [2.24, 2.45) is 0 Å². The molecule has 1 aliphatic rings. The highest BCUT2D eigenvalue weighted by atomic mass is 16.3. The van der Waals surface area contributed by atoms with E-state index in [9.17, 15) is 5.11 Å². The van der Waals surface area contributed by atoms with Crippen LogP contribution in [0.2, 0.25) is 0 Å². The molecule has 0 aliphatic heterocycles. The first kappa shape index (κ1) is 8.79. The van der Waals surface area contributed by atoms with E-state index in [0.717, 1.165) is 25.7 Å². The van der Waals surface area contributed by atoms with Crippen molar-refractivity contribution in [3.8, 4) is 0 Å². The number of hydrogen-bond donors (Lipinski definition) is 1. The number of allylic oxidation sites excluding steroid dienone is 1. The fourth-order valence-electron chi connectivity index (χ4n) is 1.70. The molecule has 0 spiro atoms. The van der Waals surface area contributed by atoms with Gasteiger partial charge >= 0.3 is 0 Å². The molecule has 0 radical (unpaired) electrons. The van der Waals surface area contributed by atoms with Crippen LogP contribution in [-0.4, -0.2) is 10.7 Å². The van der Waals surface area contributed by atoms with E-state index in [0.29, 0.717) is 0 Å². The lowest BCUT2D eigenvalue weighted by Gasteiger charge is -2.19. The molecule has 1 N–H and O–H groups in total. The molecule has 0 aromatic carbocycles. The predicted molar refractivity (Wildman–Crippen MR) is 47.5 cm³/mol. The van der Waals surface area contributed by atoms with Gasteiger partial charge in [0, 0.05) is 0 Å². The lowest BCUT2D eigenvalue weighted by molar-refractivity contribution is 0.0790. The fraction of sp³-hybridized carbons (Fsp3) is 0.800. The monoisotopic (exact) mass is 154 g/mol. The van der Waals surface area contributed by atoms with Crippen molar-refractivity contribution in [3.63, 3.8) is 0 Å². The standard InChI is InChI=1S/C10H18O/c1-3-4-6-10(11)7-5-9(2)8-10/h8,11H,3-7H2,1-2H3. The molecule has 1 rings (SSSR count). The molecule has 0 bridgehead atoms. The summed E-state index contributed by atoms with van der Waals surface area (Å²) >= 11 is 0. The van der Waals surface area contributed by atoms with Gasteiger partial charge in [-0.25, -0.2) is 0 Å². The largest absolute Gasteiger partial charge is 0.386 e. The van der Waals surface area contributed by atoms with Crippen molar-refractivity contribution in [1.29, 1.82) is 0 Å². The van der Waals surface area contributed by atoms with Crippen LogP contribution in [0, 0.1) is 0 Å². The van der Waals surface area contributed by atoms with Crippen molar-refractivity contribution in [2.45, 2.75) is 51.6 Å². The Morgan fingerprint density at radius 3 is 2.82 bits per heavy atom. The highest BCUT2D eigenvalue weighted by Crippen LogP contribution is 2.31. The minimum Gasteiger partial charge on any atom is -0.386 e. The van der Waals surface area contributed by atoms with Gasteiger partial charge in [-0.3, -0.25) is 0 Å². The summed E-state index contributed by atoms with van der Waals surface area (Å²) in [6.07, 6.45) is 7.33. The van der Waals surface area contributed by atoms with Crippen molar-refractivity contribution < 1.29 is 5.11 Å². The second-order valence-electron chi connectivity index (χ2n) is 3.70. The normalized spacial score (nSPS) is 30.6. The molecular weight excluding hydrogens is 136 g/mol. The predicted octanol–water partition coefficient (Wildman–Crippen LogP) is 2.65. The lowest BCUT2D eigenvalue weighted by Crippen LogP contribution is -2.22. The third kappa shape index (κ3) is 2.33. The summed E-state index contributed by atoms with van der Waals surface area (Å²) in [7, 11) is 0. The Hall–Kier alpha value is -0.300. The summed E-state index contributed by atoms with van der Waals surface area (Å²) in [6, 6.07) is 0. The average Bonchev–Trinajstić information content (AvgIpc) is 2.28. The SMILES string of the molecule is CCCCC1(O)C=C(C)CC1. The van der Waals surface area contributed by atoms with E-state index in [4.69, 9.17) is 0 Å². The maximum absolute atomic E-state index is 9.92. The van der Waals surface area contributed by atoms with Crippen molar-refractivity contribution in [2.75, 3.05) is 0 Å². The Bertz CT molecular complexity index is 160. The van der Waals surface area contributed by atoms with Gasteiger partial charge in [0.1, 0.15) is 0 Å². The Balaban J connectivity index is 2.42. The lowest BCUT2D eigenvalue weighted by atomic mass is 9.97. The summed E-state index contributed by atoms with van der Waals surface area (Å²) in [4.78, 5) is 0. The van der Waals surface area contributed by atoms with Gasteiger partial charge in [0.25, 0.3) is 0 Å².